The van der Waals surface area contributed by atoms with Crippen LogP contribution in [0, 0.1) is 5.82 Å². The van der Waals surface area contributed by atoms with E-state index in [1.165, 1.54) is 27.2 Å². The summed E-state index contributed by atoms with van der Waals surface area (Å²) < 4.78 is 75.8. The monoisotopic (exact) mass is 519 g/mol. The molecule has 3 rings (SSSR count). The summed E-state index contributed by atoms with van der Waals surface area (Å²) in [5, 5.41) is -0.807. The fraction of sp³-hybridized carbons (Fsp3) is 0.391. The highest BCUT2D eigenvalue weighted by Gasteiger charge is 2.35. The van der Waals surface area contributed by atoms with E-state index in [2.05, 4.69) is 0 Å². The van der Waals surface area contributed by atoms with Crippen molar-refractivity contribution in [1.82, 2.24) is 4.90 Å². The standard InChI is InChI=1S/C23H22ClF4NO6/c1-12(30)15-4-5-18(32-2)21(33-3)20(15)35-11-14-10-29(6-7-34-14)22(31)16-8-13(23(26,27)28)9-17(24)19(16)25/h4-5,8-9,14H,6-7,10-11H2,1-3H3. The number of benzene rings is 2. The van der Waals surface area contributed by atoms with Gasteiger partial charge in [0, 0.05) is 6.54 Å². The topological polar surface area (TPSA) is 74.3 Å². The number of carbonyl (C=O) groups excluding carboxylic acids is 2. The van der Waals surface area contributed by atoms with Crippen molar-refractivity contribution in [3.8, 4) is 17.2 Å². The molecule has 7 nitrogen and oxygen atoms in total. The quantitative estimate of drug-likeness (QED) is 0.392. The predicted octanol–water partition coefficient (Wildman–Crippen LogP) is 4.64. The smallest absolute Gasteiger partial charge is 0.416 e. The summed E-state index contributed by atoms with van der Waals surface area (Å²) in [6.07, 6.45) is -5.54. The number of carbonyl (C=O) groups is 2. The number of ether oxygens (including phenoxy) is 4. The van der Waals surface area contributed by atoms with E-state index in [0.29, 0.717) is 17.9 Å². The van der Waals surface area contributed by atoms with Crippen LogP contribution in [0.2, 0.25) is 5.02 Å². The van der Waals surface area contributed by atoms with Gasteiger partial charge in [0.25, 0.3) is 5.91 Å². The fourth-order valence-corrected chi connectivity index (χ4v) is 3.80. The molecule has 2 aromatic carbocycles. The summed E-state index contributed by atoms with van der Waals surface area (Å²) in [5.41, 5.74) is -1.80. The zero-order valence-electron chi connectivity index (χ0n) is 19.0. The average Bonchev–Trinajstić information content (AvgIpc) is 2.82. The SMILES string of the molecule is COc1ccc(C(C)=O)c(OCC2CN(C(=O)c3cc(C(F)(F)F)cc(Cl)c3F)CCO2)c1OC. The Hall–Kier alpha value is -3.05. The van der Waals surface area contributed by atoms with Gasteiger partial charge in [-0.25, -0.2) is 4.39 Å². The summed E-state index contributed by atoms with van der Waals surface area (Å²) in [6.45, 7) is 1.15. The number of ketones is 1. The van der Waals surface area contributed by atoms with E-state index in [-0.39, 0.29) is 49.1 Å². The summed E-state index contributed by atoms with van der Waals surface area (Å²) >= 11 is 5.61. The van der Waals surface area contributed by atoms with Gasteiger partial charge >= 0.3 is 6.18 Å². The number of morpholine rings is 1. The molecule has 12 heteroatoms. The van der Waals surface area contributed by atoms with E-state index in [0.717, 1.165) is 4.90 Å². The van der Waals surface area contributed by atoms with Crippen LogP contribution in [-0.4, -0.2) is 63.2 Å². The van der Waals surface area contributed by atoms with Gasteiger partial charge < -0.3 is 23.8 Å². The van der Waals surface area contributed by atoms with Crippen molar-refractivity contribution in [3.63, 3.8) is 0 Å². The fourth-order valence-electron chi connectivity index (χ4n) is 3.58. The van der Waals surface area contributed by atoms with Gasteiger partial charge in [-0.3, -0.25) is 9.59 Å². The van der Waals surface area contributed by atoms with Crippen LogP contribution in [0.3, 0.4) is 0 Å². The lowest BCUT2D eigenvalue weighted by molar-refractivity contribution is -0.137. The first-order chi connectivity index (χ1) is 16.5. The molecule has 1 aliphatic heterocycles. The molecule has 0 radical (unpaired) electrons. The van der Waals surface area contributed by atoms with Gasteiger partial charge in [0.2, 0.25) is 5.75 Å². The zero-order valence-corrected chi connectivity index (χ0v) is 19.8. The highest BCUT2D eigenvalue weighted by atomic mass is 35.5. The Morgan fingerprint density at radius 3 is 2.46 bits per heavy atom. The number of alkyl halides is 3. The van der Waals surface area contributed by atoms with Crippen LogP contribution in [0.15, 0.2) is 24.3 Å². The second kappa shape index (κ2) is 10.7. The lowest BCUT2D eigenvalue weighted by atomic mass is 10.1. The highest BCUT2D eigenvalue weighted by molar-refractivity contribution is 6.31. The maximum absolute atomic E-state index is 14.5. The van der Waals surface area contributed by atoms with Crippen molar-refractivity contribution in [2.75, 3.05) is 40.5 Å². The maximum atomic E-state index is 14.5. The Morgan fingerprint density at radius 2 is 1.86 bits per heavy atom. The Morgan fingerprint density at radius 1 is 1.14 bits per heavy atom. The Labute approximate surface area is 203 Å². The number of amides is 1. The second-order valence-electron chi connectivity index (χ2n) is 7.61. The molecular weight excluding hydrogens is 498 g/mol. The minimum absolute atomic E-state index is 0.0177. The average molecular weight is 520 g/mol. The molecule has 190 valence electrons. The van der Waals surface area contributed by atoms with Crippen LogP contribution in [0.1, 0.15) is 33.2 Å². The number of nitrogens with zero attached hydrogens (tertiary/aromatic N) is 1. The lowest BCUT2D eigenvalue weighted by Gasteiger charge is -2.33. The molecule has 0 spiro atoms. The van der Waals surface area contributed by atoms with Crippen molar-refractivity contribution >= 4 is 23.3 Å². The molecule has 0 saturated carbocycles. The van der Waals surface area contributed by atoms with Crippen LogP contribution in [0.5, 0.6) is 17.2 Å². The number of halogens is 5. The number of hydrogen-bond donors (Lipinski definition) is 0. The molecular formula is C23H22ClF4NO6. The summed E-state index contributed by atoms with van der Waals surface area (Å²) in [6, 6.07) is 3.92. The molecule has 2 aromatic rings. The molecule has 1 atom stereocenters. The van der Waals surface area contributed by atoms with Crippen molar-refractivity contribution in [2.45, 2.75) is 19.2 Å². The number of hydrogen-bond acceptors (Lipinski definition) is 6. The lowest BCUT2D eigenvalue weighted by Crippen LogP contribution is -2.48. The van der Waals surface area contributed by atoms with Gasteiger partial charge in [0.15, 0.2) is 23.1 Å². The van der Waals surface area contributed by atoms with Crippen LogP contribution in [0.25, 0.3) is 0 Å². The number of methoxy groups -OCH3 is 2. The summed E-state index contributed by atoms with van der Waals surface area (Å²) in [4.78, 5) is 26.1. The summed E-state index contributed by atoms with van der Waals surface area (Å²) in [5.74, 6) is -1.87. The van der Waals surface area contributed by atoms with Gasteiger partial charge in [-0.2, -0.15) is 13.2 Å². The first-order valence-corrected chi connectivity index (χ1v) is 10.7. The van der Waals surface area contributed by atoms with E-state index in [4.69, 9.17) is 30.5 Å². The van der Waals surface area contributed by atoms with Gasteiger partial charge in [0.05, 0.1) is 49.1 Å². The largest absolute Gasteiger partial charge is 0.493 e. The van der Waals surface area contributed by atoms with Crippen LogP contribution < -0.4 is 14.2 Å². The second-order valence-corrected chi connectivity index (χ2v) is 8.01. The molecule has 1 fully saturated rings. The molecule has 35 heavy (non-hydrogen) atoms. The molecule has 1 aliphatic rings. The van der Waals surface area contributed by atoms with Gasteiger partial charge in [-0.1, -0.05) is 11.6 Å². The number of rotatable bonds is 7. The van der Waals surface area contributed by atoms with E-state index in [1.807, 2.05) is 0 Å². The summed E-state index contributed by atoms with van der Waals surface area (Å²) in [7, 11) is 2.79. The highest BCUT2D eigenvalue weighted by Crippen LogP contribution is 2.40. The van der Waals surface area contributed by atoms with Crippen LogP contribution in [0.4, 0.5) is 17.6 Å². The molecule has 1 saturated heterocycles. The predicted molar refractivity (Wildman–Crippen MR) is 117 cm³/mol. The first-order valence-electron chi connectivity index (χ1n) is 10.3. The zero-order chi connectivity index (χ0) is 25.9. The van der Waals surface area contributed by atoms with Crippen molar-refractivity contribution < 1.29 is 46.1 Å². The third-order valence-corrected chi connectivity index (χ3v) is 5.58. The molecule has 1 heterocycles. The first kappa shape index (κ1) is 26.6. The molecule has 0 bridgehead atoms. The maximum Gasteiger partial charge on any atom is 0.416 e. The van der Waals surface area contributed by atoms with Gasteiger partial charge in [0.1, 0.15) is 12.7 Å². The molecule has 1 unspecified atom stereocenters. The minimum atomic E-state index is -4.81. The molecule has 0 aromatic heterocycles. The third kappa shape index (κ3) is 5.79. The van der Waals surface area contributed by atoms with Crippen molar-refractivity contribution in [2.24, 2.45) is 0 Å². The van der Waals surface area contributed by atoms with Crippen molar-refractivity contribution in [1.29, 1.82) is 0 Å². The van der Waals surface area contributed by atoms with E-state index >= 15 is 0 Å². The van der Waals surface area contributed by atoms with Crippen LogP contribution in [-0.2, 0) is 10.9 Å². The van der Waals surface area contributed by atoms with Gasteiger partial charge in [-0.05, 0) is 31.2 Å². The Balaban J connectivity index is 1.80. The van der Waals surface area contributed by atoms with E-state index < -0.39 is 40.2 Å². The van der Waals surface area contributed by atoms with E-state index in [9.17, 15) is 27.2 Å². The van der Waals surface area contributed by atoms with E-state index in [1.54, 1.807) is 6.07 Å². The normalized spacial score (nSPS) is 16.1. The van der Waals surface area contributed by atoms with Crippen LogP contribution >= 0.6 is 11.6 Å². The van der Waals surface area contributed by atoms with Crippen molar-refractivity contribution in [3.05, 3.63) is 51.8 Å². The van der Waals surface area contributed by atoms with Gasteiger partial charge in [-0.15, -0.1) is 0 Å². The third-order valence-electron chi connectivity index (χ3n) is 5.30. The minimum Gasteiger partial charge on any atom is -0.493 e. The Bertz CT molecular complexity index is 1120. The molecule has 1 amide bonds. The Kier molecular flexibility index (Phi) is 8.11. The molecule has 0 aliphatic carbocycles. The molecule has 0 N–H and O–H groups in total. The number of Topliss-reactive ketones (excluding diaryl/α,β-unsaturated/α-hetero) is 1.